The van der Waals surface area contributed by atoms with Crippen molar-refractivity contribution in [2.24, 2.45) is 0 Å². The van der Waals surface area contributed by atoms with Crippen LogP contribution in [0.4, 0.5) is 5.69 Å². The number of thioether (sulfide) groups is 1. The summed E-state index contributed by atoms with van der Waals surface area (Å²) in [5, 5.41) is -0.418. The molecule has 0 radical (unpaired) electrons. The molecule has 9 heteroatoms. The van der Waals surface area contributed by atoms with Gasteiger partial charge in [-0.3, -0.25) is 9.59 Å². The summed E-state index contributed by atoms with van der Waals surface area (Å²) < 4.78 is 21.9. The first-order chi connectivity index (χ1) is 19.7. The normalized spacial score (nSPS) is 17.4. The standard InChI is InChI=1S/C32H38N2O6S/c1-21(20-33(3)18-17-23-11-16-27(38-5)28(19-23)39-6)34-26-9-7-8-10-29(26)41-31(30(32(34)36)40-22(2)35)24-12-14-25(37-4)15-13-24/h7-16,19,21,30-31H,17-18,20H2,1-6H3/t21?,30?,31-/m0/s1. The number of rotatable bonds is 11. The molecule has 0 spiro atoms. The average molecular weight is 579 g/mol. The number of likely N-dealkylation sites (N-methyl/N-ethyl adjacent to an activating group) is 1. The number of para-hydroxylation sites is 1. The highest BCUT2D eigenvalue weighted by molar-refractivity contribution is 7.99. The van der Waals surface area contributed by atoms with E-state index in [1.54, 1.807) is 26.2 Å². The Morgan fingerprint density at radius 1 is 0.976 bits per heavy atom. The summed E-state index contributed by atoms with van der Waals surface area (Å²) in [6.45, 7) is 4.78. The fourth-order valence-corrected chi connectivity index (χ4v) is 6.41. The molecule has 3 aromatic carbocycles. The monoisotopic (exact) mass is 578 g/mol. The van der Waals surface area contributed by atoms with E-state index in [4.69, 9.17) is 18.9 Å². The van der Waals surface area contributed by atoms with Gasteiger partial charge in [0.15, 0.2) is 17.6 Å². The first kappa shape index (κ1) is 30.3. The van der Waals surface area contributed by atoms with Crippen molar-refractivity contribution in [3.05, 3.63) is 77.9 Å². The molecule has 0 bridgehead atoms. The Balaban J connectivity index is 1.57. The Bertz CT molecular complexity index is 1350. The van der Waals surface area contributed by atoms with E-state index in [-0.39, 0.29) is 11.9 Å². The lowest BCUT2D eigenvalue weighted by atomic mass is 10.0. The predicted octanol–water partition coefficient (Wildman–Crippen LogP) is 5.39. The zero-order chi connectivity index (χ0) is 29.5. The van der Waals surface area contributed by atoms with Crippen LogP contribution < -0.4 is 19.1 Å². The number of hydrogen-bond donors (Lipinski definition) is 0. The van der Waals surface area contributed by atoms with Crippen molar-refractivity contribution in [2.75, 3.05) is 46.4 Å². The Morgan fingerprint density at radius 3 is 2.34 bits per heavy atom. The second kappa shape index (κ2) is 13.8. The van der Waals surface area contributed by atoms with Crippen LogP contribution in [0.5, 0.6) is 17.2 Å². The van der Waals surface area contributed by atoms with Gasteiger partial charge < -0.3 is 28.7 Å². The summed E-state index contributed by atoms with van der Waals surface area (Å²) in [5.41, 5.74) is 2.83. The maximum atomic E-state index is 14.3. The highest BCUT2D eigenvalue weighted by Crippen LogP contribution is 2.47. The van der Waals surface area contributed by atoms with Gasteiger partial charge in [-0.25, -0.2) is 0 Å². The summed E-state index contributed by atoms with van der Waals surface area (Å²) in [6, 6.07) is 21.2. The first-order valence-electron chi connectivity index (χ1n) is 13.5. The van der Waals surface area contributed by atoms with Gasteiger partial charge in [0.2, 0.25) is 0 Å². The number of esters is 1. The summed E-state index contributed by atoms with van der Waals surface area (Å²) >= 11 is 1.54. The molecule has 0 fully saturated rings. The number of carbonyl (C=O) groups excluding carboxylic acids is 2. The zero-order valence-corrected chi connectivity index (χ0v) is 25.3. The van der Waals surface area contributed by atoms with Crippen molar-refractivity contribution < 1.29 is 28.5 Å². The largest absolute Gasteiger partial charge is 0.497 e. The Hall–Kier alpha value is -3.69. The van der Waals surface area contributed by atoms with Gasteiger partial charge in [-0.1, -0.05) is 30.3 Å². The SMILES string of the molecule is COc1ccc([C@@H]2Sc3ccccc3N(C(C)CN(C)CCc3ccc(OC)c(OC)c3)C(=O)C2OC(C)=O)cc1. The van der Waals surface area contributed by atoms with Gasteiger partial charge in [0.25, 0.3) is 5.91 Å². The molecule has 0 aliphatic carbocycles. The third kappa shape index (κ3) is 7.15. The topological polar surface area (TPSA) is 77.5 Å². The minimum absolute atomic E-state index is 0.188. The van der Waals surface area contributed by atoms with Crippen LogP contribution in [-0.2, 0) is 20.7 Å². The predicted molar refractivity (Wildman–Crippen MR) is 161 cm³/mol. The lowest BCUT2D eigenvalue weighted by molar-refractivity contribution is -0.153. The molecule has 0 saturated carbocycles. The second-order valence-electron chi connectivity index (χ2n) is 10.1. The van der Waals surface area contributed by atoms with Gasteiger partial charge in [0, 0.05) is 31.0 Å². The maximum Gasteiger partial charge on any atom is 0.303 e. The van der Waals surface area contributed by atoms with Crippen LogP contribution in [0.15, 0.2) is 71.6 Å². The summed E-state index contributed by atoms with van der Waals surface area (Å²) in [5.74, 6) is 1.39. The molecule has 218 valence electrons. The molecule has 3 atom stereocenters. The number of amides is 1. The van der Waals surface area contributed by atoms with Gasteiger partial charge >= 0.3 is 5.97 Å². The van der Waals surface area contributed by atoms with Crippen LogP contribution in [0, 0.1) is 0 Å². The Morgan fingerprint density at radius 2 is 1.68 bits per heavy atom. The van der Waals surface area contributed by atoms with E-state index >= 15 is 0 Å². The van der Waals surface area contributed by atoms with E-state index in [0.29, 0.717) is 18.0 Å². The average Bonchev–Trinajstić information content (AvgIpc) is 3.09. The number of benzene rings is 3. The van der Waals surface area contributed by atoms with Gasteiger partial charge in [-0.05, 0) is 67.9 Å². The molecule has 1 aliphatic rings. The molecular formula is C32H38N2O6S. The van der Waals surface area contributed by atoms with Crippen LogP contribution in [0.25, 0.3) is 0 Å². The number of hydrogen-bond acceptors (Lipinski definition) is 8. The van der Waals surface area contributed by atoms with E-state index < -0.39 is 17.3 Å². The molecule has 1 amide bonds. The quantitative estimate of drug-likeness (QED) is 0.281. The number of anilines is 1. The molecular weight excluding hydrogens is 540 g/mol. The van der Waals surface area contributed by atoms with Crippen LogP contribution in [0.3, 0.4) is 0 Å². The molecule has 41 heavy (non-hydrogen) atoms. The smallest absolute Gasteiger partial charge is 0.303 e. The van der Waals surface area contributed by atoms with Crippen molar-refractivity contribution >= 4 is 29.3 Å². The number of nitrogens with zero attached hydrogens (tertiary/aromatic N) is 2. The first-order valence-corrected chi connectivity index (χ1v) is 14.4. The lowest BCUT2D eigenvalue weighted by Gasteiger charge is -2.34. The Labute approximate surface area is 246 Å². The van der Waals surface area contributed by atoms with Crippen molar-refractivity contribution in [3.63, 3.8) is 0 Å². The Kier molecular flexibility index (Phi) is 10.2. The third-order valence-corrected chi connectivity index (χ3v) is 8.49. The van der Waals surface area contributed by atoms with Gasteiger partial charge in [-0.15, -0.1) is 11.8 Å². The fourth-order valence-electron chi connectivity index (χ4n) is 5.10. The molecule has 8 nitrogen and oxygen atoms in total. The molecule has 0 saturated heterocycles. The minimum Gasteiger partial charge on any atom is -0.497 e. The summed E-state index contributed by atoms with van der Waals surface area (Å²) in [6.07, 6.45) is -0.183. The van der Waals surface area contributed by atoms with Crippen LogP contribution >= 0.6 is 11.8 Å². The summed E-state index contributed by atoms with van der Waals surface area (Å²) in [4.78, 5) is 31.4. The third-order valence-electron chi connectivity index (χ3n) is 7.12. The van der Waals surface area contributed by atoms with Gasteiger partial charge in [0.1, 0.15) is 5.75 Å². The zero-order valence-electron chi connectivity index (χ0n) is 24.5. The van der Waals surface area contributed by atoms with E-state index in [1.165, 1.54) is 18.7 Å². The minimum atomic E-state index is -0.988. The number of methoxy groups -OCH3 is 3. The van der Waals surface area contributed by atoms with E-state index in [9.17, 15) is 9.59 Å². The molecule has 1 aliphatic heterocycles. The van der Waals surface area contributed by atoms with Crippen molar-refractivity contribution in [1.29, 1.82) is 0 Å². The van der Waals surface area contributed by atoms with Gasteiger partial charge in [-0.2, -0.15) is 0 Å². The lowest BCUT2D eigenvalue weighted by Crippen LogP contribution is -2.50. The van der Waals surface area contributed by atoms with Crippen molar-refractivity contribution in [1.82, 2.24) is 4.90 Å². The highest BCUT2D eigenvalue weighted by atomic mass is 32.2. The number of fused-ring (bicyclic) bond motifs is 1. The van der Waals surface area contributed by atoms with E-state index in [1.807, 2.05) is 80.7 Å². The highest BCUT2D eigenvalue weighted by Gasteiger charge is 2.42. The molecule has 3 aromatic rings. The molecule has 4 rings (SSSR count). The second-order valence-corrected chi connectivity index (χ2v) is 11.3. The summed E-state index contributed by atoms with van der Waals surface area (Å²) in [7, 11) is 6.91. The maximum absolute atomic E-state index is 14.3. The molecule has 0 N–H and O–H groups in total. The van der Waals surface area contributed by atoms with Crippen molar-refractivity contribution in [2.45, 2.75) is 42.6 Å². The van der Waals surface area contributed by atoms with Crippen LogP contribution in [-0.4, -0.2) is 70.4 Å². The number of carbonyl (C=O) groups is 2. The fraction of sp³-hybridized carbons (Fsp3) is 0.375. The number of ether oxygens (including phenoxy) is 4. The van der Waals surface area contributed by atoms with Crippen LogP contribution in [0.1, 0.15) is 30.2 Å². The van der Waals surface area contributed by atoms with Crippen molar-refractivity contribution in [3.8, 4) is 17.2 Å². The van der Waals surface area contributed by atoms with E-state index in [2.05, 4.69) is 4.90 Å². The van der Waals surface area contributed by atoms with Gasteiger partial charge in [0.05, 0.1) is 32.3 Å². The molecule has 2 unspecified atom stereocenters. The van der Waals surface area contributed by atoms with E-state index in [0.717, 1.165) is 40.4 Å². The molecule has 1 heterocycles. The van der Waals surface area contributed by atoms with Crippen LogP contribution in [0.2, 0.25) is 0 Å². The molecule has 0 aromatic heterocycles.